The van der Waals surface area contributed by atoms with Gasteiger partial charge in [-0.25, -0.2) is 9.59 Å². The third-order valence-electron chi connectivity index (χ3n) is 12.5. The molecule has 6 rings (SSSR count). The van der Waals surface area contributed by atoms with Gasteiger partial charge < -0.3 is 25.1 Å². The van der Waals surface area contributed by atoms with E-state index in [2.05, 4.69) is 153 Å². The highest BCUT2D eigenvalue weighted by molar-refractivity contribution is 6.08. The van der Waals surface area contributed by atoms with Crippen LogP contribution in [0, 0.1) is 11.8 Å². The molecule has 3 N–H and O–H groups in total. The molecule has 0 aliphatic heterocycles. The van der Waals surface area contributed by atoms with Gasteiger partial charge in [-0.3, -0.25) is 4.79 Å². The number of nitrogens with zero attached hydrogens (tertiary/aromatic N) is 2. The lowest BCUT2D eigenvalue weighted by atomic mass is 9.78. The lowest BCUT2D eigenvalue weighted by Crippen LogP contribution is -2.21. The number of allylic oxidation sites excluding steroid dienone is 1. The zero-order chi connectivity index (χ0) is 53.7. The molecule has 72 heavy (non-hydrogen) atoms. The van der Waals surface area contributed by atoms with E-state index in [4.69, 9.17) is 10.2 Å². The molecule has 0 amide bonds. The van der Waals surface area contributed by atoms with Crippen LogP contribution >= 0.6 is 0 Å². The minimum atomic E-state index is -0.996. The van der Waals surface area contributed by atoms with E-state index in [-0.39, 0.29) is 38.6 Å². The summed E-state index contributed by atoms with van der Waals surface area (Å²) in [5.41, 5.74) is 14.3. The highest BCUT2D eigenvalue weighted by Gasteiger charge is 2.28. The number of benzene rings is 6. The molecule has 0 saturated carbocycles. The van der Waals surface area contributed by atoms with E-state index in [1.54, 1.807) is 36.4 Å². The highest BCUT2D eigenvalue weighted by atomic mass is 16.4. The number of ketones is 1. The van der Waals surface area contributed by atoms with E-state index in [1.807, 2.05) is 52.5 Å². The molecule has 0 aliphatic rings. The van der Waals surface area contributed by atoms with Gasteiger partial charge in [0.15, 0.2) is 5.78 Å². The monoisotopic (exact) mass is 967 g/mol. The van der Waals surface area contributed by atoms with Crippen molar-refractivity contribution < 1.29 is 29.7 Å². The molecule has 1 atom stereocenters. The number of carbonyl (C=O) groups is 3. The molecule has 0 spiro atoms. The second kappa shape index (κ2) is 22.1. The summed E-state index contributed by atoms with van der Waals surface area (Å²) in [6.45, 7) is 26.4. The number of carboxylic acids is 2. The number of hydrogen-bond donors (Lipinski definition) is 3. The standard InChI is InChI=1S/2C32H37NO3/c2*1-31(2,3)25-16-14-22(15-17-25)26-19-24(20-27(33(7)8)29(26)32(4,5)6)28(34)18-11-21-9-12-23(13-10-21)30(35)36/h9-10,12-17,19-20,28,34H,1-8H3,(H,35,36);9-20H,1-8H3,(H,35,36)/b;18-11+. The first-order valence-electron chi connectivity index (χ1n) is 24.4. The Morgan fingerprint density at radius 1 is 0.500 bits per heavy atom. The quantitative estimate of drug-likeness (QED) is 0.0706. The Balaban J connectivity index is 0.000000267. The predicted molar refractivity (Wildman–Crippen MR) is 299 cm³/mol. The van der Waals surface area contributed by atoms with Gasteiger partial charge >= 0.3 is 11.9 Å². The van der Waals surface area contributed by atoms with Crippen LogP contribution in [0.1, 0.15) is 159 Å². The van der Waals surface area contributed by atoms with Crippen molar-refractivity contribution >= 4 is 35.2 Å². The van der Waals surface area contributed by atoms with Crippen LogP contribution in [-0.2, 0) is 21.7 Å². The van der Waals surface area contributed by atoms with Gasteiger partial charge in [0.1, 0.15) is 6.10 Å². The molecular weight excluding hydrogens is 893 g/mol. The number of aliphatic hydroxyl groups excluding tert-OH is 1. The van der Waals surface area contributed by atoms with Gasteiger partial charge in [0.25, 0.3) is 0 Å². The Bertz CT molecular complexity index is 2990. The largest absolute Gasteiger partial charge is 0.478 e. The van der Waals surface area contributed by atoms with Crippen molar-refractivity contribution in [2.45, 2.75) is 111 Å². The molecular formula is C64H74N2O6. The SMILES string of the molecule is CN(C)c1cc(C(=O)/C=C/c2ccc(C(=O)O)cc2)cc(-c2ccc(C(C)(C)C)cc2)c1C(C)(C)C.CN(C)c1cc(C(O)C#Cc2ccc(C(=O)O)cc2)cc(-c2ccc(C(C)(C)C)cc2)c1C(C)(C)C. The van der Waals surface area contributed by atoms with Crippen LogP contribution < -0.4 is 9.80 Å². The molecule has 0 saturated heterocycles. The number of anilines is 2. The predicted octanol–water partition coefficient (Wildman–Crippen LogP) is 14.4. The zero-order valence-electron chi connectivity index (χ0n) is 45.2. The number of carbonyl (C=O) groups excluding carboxylic acids is 1. The van der Waals surface area contributed by atoms with Crippen LogP contribution in [0.25, 0.3) is 28.3 Å². The first-order valence-corrected chi connectivity index (χ1v) is 24.4. The first-order chi connectivity index (χ1) is 33.4. The van der Waals surface area contributed by atoms with Crippen LogP contribution in [0.5, 0.6) is 0 Å². The summed E-state index contributed by atoms with van der Waals surface area (Å²) in [4.78, 5) is 39.6. The van der Waals surface area contributed by atoms with Crippen molar-refractivity contribution in [3.63, 3.8) is 0 Å². The number of hydrogen-bond acceptors (Lipinski definition) is 6. The average molecular weight is 967 g/mol. The lowest BCUT2D eigenvalue weighted by molar-refractivity contribution is 0.0686. The van der Waals surface area contributed by atoms with Gasteiger partial charge in [0, 0.05) is 50.7 Å². The summed E-state index contributed by atoms with van der Waals surface area (Å²) in [5, 5.41) is 29.2. The molecule has 0 bridgehead atoms. The molecule has 0 aliphatic carbocycles. The van der Waals surface area contributed by atoms with Gasteiger partial charge in [-0.1, -0.05) is 162 Å². The summed E-state index contributed by atoms with van der Waals surface area (Å²) in [5.74, 6) is 3.86. The smallest absolute Gasteiger partial charge is 0.335 e. The topological polar surface area (TPSA) is 118 Å². The van der Waals surface area contributed by atoms with Gasteiger partial charge in [-0.15, -0.1) is 0 Å². The van der Waals surface area contributed by atoms with E-state index in [0.29, 0.717) is 11.1 Å². The third kappa shape index (κ3) is 14.0. The van der Waals surface area contributed by atoms with E-state index >= 15 is 0 Å². The normalized spacial score (nSPS) is 12.3. The third-order valence-corrected chi connectivity index (χ3v) is 12.5. The maximum atomic E-state index is 13.3. The maximum Gasteiger partial charge on any atom is 0.335 e. The van der Waals surface area contributed by atoms with Gasteiger partial charge in [-0.05, 0) is 144 Å². The molecule has 0 aromatic heterocycles. The van der Waals surface area contributed by atoms with Crippen molar-refractivity contribution in [3.05, 3.63) is 183 Å². The minimum absolute atomic E-state index is 0.0610. The molecule has 0 fully saturated rings. The van der Waals surface area contributed by atoms with Gasteiger partial charge in [0.05, 0.1) is 11.1 Å². The molecule has 0 radical (unpaired) electrons. The lowest BCUT2D eigenvalue weighted by Gasteiger charge is -2.31. The van der Waals surface area contributed by atoms with Crippen molar-refractivity contribution in [2.24, 2.45) is 0 Å². The van der Waals surface area contributed by atoms with Crippen molar-refractivity contribution in [3.8, 4) is 34.1 Å². The molecule has 8 nitrogen and oxygen atoms in total. The van der Waals surface area contributed by atoms with Crippen LogP contribution in [-0.4, -0.2) is 61.2 Å². The van der Waals surface area contributed by atoms with Crippen LogP contribution in [0.3, 0.4) is 0 Å². The Kier molecular flexibility index (Phi) is 17.1. The Hall–Kier alpha value is -7.21. The van der Waals surface area contributed by atoms with E-state index < -0.39 is 18.0 Å². The van der Waals surface area contributed by atoms with Crippen LogP contribution in [0.4, 0.5) is 11.4 Å². The summed E-state index contributed by atoms with van der Waals surface area (Å²) in [6.07, 6.45) is 2.27. The maximum absolute atomic E-state index is 13.3. The van der Waals surface area contributed by atoms with E-state index in [9.17, 15) is 19.5 Å². The summed E-state index contributed by atoms with van der Waals surface area (Å²) >= 11 is 0. The Morgan fingerprint density at radius 2 is 0.903 bits per heavy atom. The van der Waals surface area contributed by atoms with Crippen molar-refractivity contribution in [2.75, 3.05) is 38.0 Å². The highest BCUT2D eigenvalue weighted by Crippen LogP contribution is 2.43. The second-order valence-corrected chi connectivity index (χ2v) is 23.0. The second-order valence-electron chi connectivity index (χ2n) is 23.0. The van der Waals surface area contributed by atoms with Gasteiger partial charge in [-0.2, -0.15) is 0 Å². The fourth-order valence-corrected chi connectivity index (χ4v) is 8.55. The fraction of sp³-hybridized carbons (Fsp3) is 0.328. The summed E-state index contributed by atoms with van der Waals surface area (Å²) < 4.78 is 0. The summed E-state index contributed by atoms with van der Waals surface area (Å²) in [7, 11) is 8.04. The molecule has 8 heteroatoms. The van der Waals surface area contributed by atoms with E-state index in [1.165, 1.54) is 46.5 Å². The molecule has 1 unspecified atom stereocenters. The number of carboxylic acid groups (broad SMARTS) is 2. The molecule has 0 heterocycles. The van der Waals surface area contributed by atoms with Crippen LogP contribution in [0.2, 0.25) is 0 Å². The number of rotatable bonds is 10. The van der Waals surface area contributed by atoms with Crippen molar-refractivity contribution in [1.29, 1.82) is 0 Å². The average Bonchev–Trinajstić information content (AvgIpc) is 3.30. The number of aromatic carboxylic acids is 2. The van der Waals surface area contributed by atoms with Crippen molar-refractivity contribution in [1.82, 2.24) is 0 Å². The Morgan fingerprint density at radius 3 is 1.29 bits per heavy atom. The van der Waals surface area contributed by atoms with Gasteiger partial charge in [0.2, 0.25) is 0 Å². The first kappa shape index (κ1) is 55.7. The molecule has 376 valence electrons. The van der Waals surface area contributed by atoms with E-state index in [0.717, 1.165) is 44.8 Å². The van der Waals surface area contributed by atoms with Crippen LogP contribution in [0.15, 0.2) is 127 Å². The zero-order valence-corrected chi connectivity index (χ0v) is 45.2. The molecule has 6 aromatic rings. The minimum Gasteiger partial charge on any atom is -0.478 e. The summed E-state index contributed by atoms with van der Waals surface area (Å²) in [6, 6.07) is 38.2. The Labute approximate surface area is 429 Å². The fourth-order valence-electron chi connectivity index (χ4n) is 8.55. The number of aliphatic hydroxyl groups is 1. The molecule has 6 aromatic carbocycles.